The molecule has 0 saturated carbocycles. The third kappa shape index (κ3) is 3.41. The molecule has 1 aromatic heterocycles. The van der Waals surface area contributed by atoms with Crippen LogP contribution in [0.15, 0.2) is 18.2 Å². The maximum Gasteiger partial charge on any atom is 0.358 e. The van der Waals surface area contributed by atoms with E-state index in [1.807, 2.05) is 0 Å². The summed E-state index contributed by atoms with van der Waals surface area (Å²) in [5.74, 6) is -1.48. The number of methoxy groups -OCH3 is 1. The number of ether oxygens (including phenoxy) is 2. The number of carbonyl (C=O) groups is 1. The van der Waals surface area contributed by atoms with E-state index >= 15 is 0 Å². The van der Waals surface area contributed by atoms with E-state index in [0.29, 0.717) is 31.7 Å². The van der Waals surface area contributed by atoms with E-state index in [0.717, 1.165) is 36.0 Å². The molecular formula is C19H22F2N4O3. The zero-order valence-electron chi connectivity index (χ0n) is 15.5. The number of H-pyrrole nitrogens is 1. The topological polar surface area (TPSA) is 93.5 Å². The molecule has 3 heterocycles. The number of nitrogens with two attached hydrogens (primary N) is 1. The monoisotopic (exact) mass is 392 g/mol. The fourth-order valence-corrected chi connectivity index (χ4v) is 4.07. The second-order valence-electron chi connectivity index (χ2n) is 7.21. The Morgan fingerprint density at radius 3 is 3.00 bits per heavy atom. The number of hydrogen-bond acceptors (Lipinski definition) is 6. The van der Waals surface area contributed by atoms with Gasteiger partial charge in [-0.15, -0.1) is 0 Å². The largest absolute Gasteiger partial charge is 0.464 e. The number of aromatic amines is 1. The molecule has 0 aliphatic carbocycles. The minimum atomic E-state index is -0.676. The van der Waals surface area contributed by atoms with Gasteiger partial charge in [-0.3, -0.25) is 10.00 Å². The lowest BCUT2D eigenvalue weighted by atomic mass is 9.92. The highest BCUT2D eigenvalue weighted by molar-refractivity contribution is 5.89. The van der Waals surface area contributed by atoms with E-state index in [1.54, 1.807) is 0 Å². The lowest BCUT2D eigenvalue weighted by Gasteiger charge is -2.41. The van der Waals surface area contributed by atoms with Gasteiger partial charge in [0.25, 0.3) is 0 Å². The summed E-state index contributed by atoms with van der Waals surface area (Å²) in [5.41, 5.74) is 8.50. The van der Waals surface area contributed by atoms with Gasteiger partial charge >= 0.3 is 5.97 Å². The highest BCUT2D eigenvalue weighted by Gasteiger charge is 2.36. The smallest absolute Gasteiger partial charge is 0.358 e. The van der Waals surface area contributed by atoms with Gasteiger partial charge in [-0.05, 0) is 31.0 Å². The third-order valence-electron chi connectivity index (χ3n) is 5.52. The fraction of sp³-hybridized carbons (Fsp3) is 0.474. The summed E-state index contributed by atoms with van der Waals surface area (Å²) < 4.78 is 38.2. The van der Waals surface area contributed by atoms with Crippen molar-refractivity contribution in [1.29, 1.82) is 0 Å². The molecule has 1 saturated heterocycles. The quantitative estimate of drug-likeness (QED) is 0.773. The van der Waals surface area contributed by atoms with Crippen molar-refractivity contribution in [3.05, 3.63) is 52.3 Å². The van der Waals surface area contributed by atoms with Crippen molar-refractivity contribution in [2.45, 2.75) is 37.6 Å². The SMILES string of the molecule is COC(=O)c1n[nH]c2c1CCN([C@H]1CO[C@H](c3cc(F)ccc3F)[C@@H](N)C1)C2. The van der Waals surface area contributed by atoms with Crippen LogP contribution < -0.4 is 5.73 Å². The Labute approximate surface area is 160 Å². The molecule has 0 radical (unpaired) electrons. The molecule has 0 unspecified atom stereocenters. The van der Waals surface area contributed by atoms with Crippen molar-refractivity contribution < 1.29 is 23.0 Å². The van der Waals surface area contributed by atoms with Crippen molar-refractivity contribution in [3.8, 4) is 0 Å². The first-order valence-electron chi connectivity index (χ1n) is 9.18. The lowest BCUT2D eigenvalue weighted by molar-refractivity contribution is -0.0550. The number of fused-ring (bicyclic) bond motifs is 1. The van der Waals surface area contributed by atoms with Crippen molar-refractivity contribution in [1.82, 2.24) is 15.1 Å². The Morgan fingerprint density at radius 1 is 1.43 bits per heavy atom. The first kappa shape index (κ1) is 19.0. The van der Waals surface area contributed by atoms with Crippen LogP contribution >= 0.6 is 0 Å². The van der Waals surface area contributed by atoms with E-state index < -0.39 is 29.7 Å². The van der Waals surface area contributed by atoms with E-state index in [9.17, 15) is 13.6 Å². The number of esters is 1. The van der Waals surface area contributed by atoms with Gasteiger partial charge in [0.2, 0.25) is 0 Å². The molecule has 7 nitrogen and oxygen atoms in total. The summed E-state index contributed by atoms with van der Waals surface area (Å²) >= 11 is 0. The number of carbonyl (C=O) groups excluding carboxylic acids is 1. The molecule has 2 aliphatic rings. The number of benzene rings is 1. The van der Waals surface area contributed by atoms with Crippen LogP contribution in [-0.4, -0.2) is 53.4 Å². The van der Waals surface area contributed by atoms with E-state index in [-0.39, 0.29) is 11.6 Å². The van der Waals surface area contributed by atoms with Gasteiger partial charge in [-0.25, -0.2) is 13.6 Å². The molecule has 4 rings (SSSR count). The summed E-state index contributed by atoms with van der Waals surface area (Å²) in [7, 11) is 1.33. The van der Waals surface area contributed by atoms with Crippen LogP contribution in [0.3, 0.4) is 0 Å². The van der Waals surface area contributed by atoms with Crippen LogP contribution in [0.25, 0.3) is 0 Å². The molecule has 0 amide bonds. The fourth-order valence-electron chi connectivity index (χ4n) is 4.07. The van der Waals surface area contributed by atoms with Gasteiger partial charge in [0, 0.05) is 36.3 Å². The van der Waals surface area contributed by atoms with Gasteiger partial charge in [-0.1, -0.05) is 0 Å². The van der Waals surface area contributed by atoms with Gasteiger partial charge in [-0.2, -0.15) is 5.10 Å². The van der Waals surface area contributed by atoms with Gasteiger partial charge < -0.3 is 15.2 Å². The maximum absolute atomic E-state index is 14.1. The molecular weight excluding hydrogens is 370 g/mol. The number of hydrogen-bond donors (Lipinski definition) is 2. The van der Waals surface area contributed by atoms with Crippen LogP contribution in [0.5, 0.6) is 0 Å². The second-order valence-corrected chi connectivity index (χ2v) is 7.21. The van der Waals surface area contributed by atoms with Crippen LogP contribution in [0, 0.1) is 11.6 Å². The number of nitrogens with one attached hydrogen (secondary N) is 1. The van der Waals surface area contributed by atoms with Gasteiger partial charge in [0.05, 0.1) is 19.4 Å². The third-order valence-corrected chi connectivity index (χ3v) is 5.52. The zero-order valence-corrected chi connectivity index (χ0v) is 15.5. The van der Waals surface area contributed by atoms with Crippen molar-refractivity contribution >= 4 is 5.97 Å². The highest BCUT2D eigenvalue weighted by Crippen LogP contribution is 2.33. The first-order valence-corrected chi connectivity index (χ1v) is 9.18. The van der Waals surface area contributed by atoms with Crippen molar-refractivity contribution in [2.24, 2.45) is 5.73 Å². The Balaban J connectivity index is 1.45. The average Bonchev–Trinajstić information content (AvgIpc) is 3.12. The summed E-state index contributed by atoms with van der Waals surface area (Å²) in [5, 5.41) is 6.99. The van der Waals surface area contributed by atoms with Crippen LogP contribution in [0.2, 0.25) is 0 Å². The van der Waals surface area contributed by atoms with Crippen LogP contribution in [0.1, 0.15) is 39.8 Å². The molecule has 3 N–H and O–H groups in total. The van der Waals surface area contributed by atoms with E-state index in [4.69, 9.17) is 15.2 Å². The van der Waals surface area contributed by atoms with Crippen LogP contribution in [-0.2, 0) is 22.4 Å². The van der Waals surface area contributed by atoms with Crippen molar-refractivity contribution in [3.63, 3.8) is 0 Å². The molecule has 2 aromatic rings. The predicted molar refractivity (Wildman–Crippen MR) is 95.5 cm³/mol. The Bertz CT molecular complexity index is 888. The molecule has 0 spiro atoms. The highest BCUT2D eigenvalue weighted by atomic mass is 19.1. The summed E-state index contributed by atoms with van der Waals surface area (Å²) in [6.45, 7) is 1.66. The molecule has 150 valence electrons. The minimum Gasteiger partial charge on any atom is -0.464 e. The number of nitrogens with zero attached hydrogens (tertiary/aromatic N) is 2. The van der Waals surface area contributed by atoms with Crippen molar-refractivity contribution in [2.75, 3.05) is 20.3 Å². The van der Waals surface area contributed by atoms with E-state index in [1.165, 1.54) is 7.11 Å². The summed E-state index contributed by atoms with van der Waals surface area (Å²) in [4.78, 5) is 14.0. The number of aromatic nitrogens is 2. The maximum atomic E-state index is 14.1. The molecule has 9 heteroatoms. The second kappa shape index (κ2) is 7.57. The van der Waals surface area contributed by atoms with E-state index in [2.05, 4.69) is 15.1 Å². The average molecular weight is 392 g/mol. The predicted octanol–water partition coefficient (Wildman–Crippen LogP) is 1.69. The number of halogens is 2. The summed E-state index contributed by atoms with van der Waals surface area (Å²) in [6, 6.07) is 2.90. The normalized spacial score (nSPS) is 25.4. The minimum absolute atomic E-state index is 0.0425. The Hall–Kier alpha value is -2.36. The zero-order chi connectivity index (χ0) is 19.8. The molecule has 1 fully saturated rings. The Kier molecular flexibility index (Phi) is 5.13. The van der Waals surface area contributed by atoms with Gasteiger partial charge in [0.1, 0.15) is 17.7 Å². The lowest BCUT2D eigenvalue weighted by Crippen LogP contribution is -2.50. The molecule has 2 aliphatic heterocycles. The Morgan fingerprint density at radius 2 is 2.25 bits per heavy atom. The molecule has 28 heavy (non-hydrogen) atoms. The first-order chi connectivity index (χ1) is 13.5. The molecule has 0 bridgehead atoms. The standard InChI is InChI=1S/C19H22F2N4O3/c1-27-19(26)17-12-4-5-25(8-16(12)23-24-17)11-7-15(22)18(28-9-11)13-6-10(20)2-3-14(13)21/h2-3,6,11,15,18H,4-5,7-9,22H2,1H3,(H,23,24)/t11-,15+,18-/m1/s1. The van der Waals surface area contributed by atoms with Crippen LogP contribution in [0.4, 0.5) is 8.78 Å². The summed E-state index contributed by atoms with van der Waals surface area (Å²) in [6.07, 6.45) is 0.572. The molecule has 1 aromatic carbocycles. The van der Waals surface area contributed by atoms with Gasteiger partial charge in [0.15, 0.2) is 5.69 Å². The number of rotatable bonds is 3. The molecule has 3 atom stereocenters.